The summed E-state index contributed by atoms with van der Waals surface area (Å²) in [5.41, 5.74) is 0.983. The van der Waals surface area contributed by atoms with Crippen LogP contribution < -0.4 is 0 Å². The van der Waals surface area contributed by atoms with Crippen LogP contribution in [0, 0.1) is 40.9 Å². The second kappa shape index (κ2) is 1.31. The van der Waals surface area contributed by atoms with Crippen molar-refractivity contribution in [1.29, 1.82) is 0 Å². The Kier molecular flexibility index (Phi) is 0.618. The van der Waals surface area contributed by atoms with Crippen molar-refractivity contribution in [1.82, 2.24) is 0 Å². The largest absolute Gasteiger partial charge is 0.0470 e. The molecule has 0 radical (unpaired) electrons. The van der Waals surface area contributed by atoms with E-state index in [4.69, 9.17) is 0 Å². The van der Waals surface area contributed by atoms with Crippen molar-refractivity contribution in [3.05, 3.63) is 0 Å². The molecule has 7 rings (SSSR count). The molecule has 0 saturated heterocycles. The van der Waals surface area contributed by atoms with E-state index in [1.807, 2.05) is 0 Å². The molecule has 64 valence electrons. The van der Waals surface area contributed by atoms with Crippen LogP contribution in [0.25, 0.3) is 0 Å². The summed E-state index contributed by atoms with van der Waals surface area (Å²) in [6.07, 6.45) is 8.33. The summed E-state index contributed by atoms with van der Waals surface area (Å²) in [4.78, 5) is 0. The van der Waals surface area contributed by atoms with Gasteiger partial charge in [-0.15, -0.1) is 0 Å². The van der Waals surface area contributed by atoms with Crippen LogP contribution in [-0.4, -0.2) is 0 Å². The quantitative estimate of drug-likeness (QED) is 0.511. The zero-order chi connectivity index (χ0) is 7.50. The maximum Gasteiger partial charge on any atom is -0.0232 e. The van der Waals surface area contributed by atoms with Gasteiger partial charge in [0.2, 0.25) is 0 Å². The van der Waals surface area contributed by atoms with Crippen molar-refractivity contribution in [3.63, 3.8) is 0 Å². The van der Waals surface area contributed by atoms with E-state index in [1.165, 1.54) is 35.5 Å². The van der Waals surface area contributed by atoms with Gasteiger partial charge in [0, 0.05) is 0 Å². The van der Waals surface area contributed by atoms with Gasteiger partial charge in [0.15, 0.2) is 0 Å². The van der Waals surface area contributed by atoms with Crippen molar-refractivity contribution >= 4 is 0 Å². The van der Waals surface area contributed by atoms with Gasteiger partial charge in [-0.1, -0.05) is 0 Å². The van der Waals surface area contributed by atoms with Crippen LogP contribution >= 0.6 is 0 Å². The highest BCUT2D eigenvalue weighted by Crippen LogP contribution is 2.84. The molecule has 7 aliphatic carbocycles. The Labute approximate surface area is 73.7 Å². The first kappa shape index (κ1) is 5.67. The average Bonchev–Trinajstić information content (AvgIpc) is 2.41. The molecular weight excluding hydrogens is 144 g/mol. The van der Waals surface area contributed by atoms with Crippen LogP contribution in [-0.2, 0) is 0 Å². The van der Waals surface area contributed by atoms with E-state index in [1.54, 1.807) is 32.1 Å². The lowest BCUT2D eigenvalue weighted by molar-refractivity contribution is 0.0654. The first-order chi connectivity index (χ1) is 5.88. The molecule has 0 heteroatoms. The smallest absolute Gasteiger partial charge is 0.0232 e. The monoisotopic (exact) mass is 160 g/mol. The average molecular weight is 160 g/mol. The fourth-order valence-electron chi connectivity index (χ4n) is 6.15. The first-order valence-electron chi connectivity index (χ1n) is 5.88. The molecule has 6 bridgehead atoms. The molecule has 1 spiro atoms. The number of hydrogen-bond acceptors (Lipinski definition) is 0. The van der Waals surface area contributed by atoms with Gasteiger partial charge in [-0.2, -0.15) is 0 Å². The zero-order valence-electron chi connectivity index (χ0n) is 7.50. The van der Waals surface area contributed by atoms with Crippen LogP contribution in [0.5, 0.6) is 0 Å². The Bertz CT molecular complexity index is 282. The molecule has 7 aliphatic rings. The third kappa shape index (κ3) is 0.352. The van der Waals surface area contributed by atoms with E-state index in [9.17, 15) is 0 Å². The predicted octanol–water partition coefficient (Wildman–Crippen LogP) is 2.69. The molecular formula is C12H16. The molecule has 12 heavy (non-hydrogen) atoms. The Morgan fingerprint density at radius 2 is 1.92 bits per heavy atom. The zero-order valence-corrected chi connectivity index (χ0v) is 7.50. The molecule has 7 fully saturated rings. The minimum Gasteiger partial charge on any atom is -0.0470 e. The molecule has 0 heterocycles. The Morgan fingerprint density at radius 1 is 0.917 bits per heavy atom. The van der Waals surface area contributed by atoms with E-state index >= 15 is 0 Å². The lowest BCUT2D eigenvalue weighted by Gasteiger charge is -2.41. The van der Waals surface area contributed by atoms with Gasteiger partial charge in [0.1, 0.15) is 0 Å². The van der Waals surface area contributed by atoms with Crippen molar-refractivity contribution in [2.45, 2.75) is 32.1 Å². The van der Waals surface area contributed by atoms with E-state index < -0.39 is 0 Å². The van der Waals surface area contributed by atoms with Crippen LogP contribution in [0.15, 0.2) is 0 Å². The second-order valence-corrected chi connectivity index (χ2v) is 6.41. The third-order valence-electron chi connectivity index (χ3n) is 6.49. The van der Waals surface area contributed by atoms with Gasteiger partial charge in [-0.3, -0.25) is 0 Å². The highest BCUT2D eigenvalue weighted by molar-refractivity contribution is 5.25. The molecule has 0 N–H and O–H groups in total. The van der Waals surface area contributed by atoms with Gasteiger partial charge in [-0.05, 0) is 73.0 Å². The van der Waals surface area contributed by atoms with E-state index in [0.717, 1.165) is 5.41 Å². The molecule has 7 saturated carbocycles. The molecule has 0 aromatic rings. The normalized spacial score (nSPS) is 80.0. The summed E-state index contributed by atoms with van der Waals surface area (Å²) in [5.74, 6) is 7.44. The molecule has 0 aliphatic heterocycles. The summed E-state index contributed by atoms with van der Waals surface area (Å²) in [6, 6.07) is 0. The topological polar surface area (TPSA) is 0 Å². The van der Waals surface area contributed by atoms with Crippen LogP contribution in [0.4, 0.5) is 0 Å². The highest BCUT2D eigenvalue weighted by Gasteiger charge is 2.76. The number of hydrogen-bond donors (Lipinski definition) is 0. The van der Waals surface area contributed by atoms with Crippen molar-refractivity contribution in [2.24, 2.45) is 40.9 Å². The summed E-state index contributed by atoms with van der Waals surface area (Å²) in [6.45, 7) is 0. The molecule has 0 amide bonds. The maximum atomic E-state index is 1.68. The summed E-state index contributed by atoms with van der Waals surface area (Å²) in [7, 11) is 0. The van der Waals surface area contributed by atoms with Crippen molar-refractivity contribution < 1.29 is 0 Å². The van der Waals surface area contributed by atoms with Gasteiger partial charge < -0.3 is 0 Å². The molecule has 0 aromatic heterocycles. The summed E-state index contributed by atoms with van der Waals surface area (Å²) in [5, 5.41) is 0. The van der Waals surface area contributed by atoms with Gasteiger partial charge in [0.05, 0.1) is 0 Å². The first-order valence-corrected chi connectivity index (χ1v) is 5.88. The minimum atomic E-state index is 0.983. The van der Waals surface area contributed by atoms with Gasteiger partial charge in [-0.25, -0.2) is 0 Å². The summed E-state index contributed by atoms with van der Waals surface area (Å²) < 4.78 is 0. The molecule has 0 nitrogen and oxygen atoms in total. The lowest BCUT2D eigenvalue weighted by atomic mass is 9.63. The maximum absolute atomic E-state index is 1.68. The third-order valence-corrected chi connectivity index (χ3v) is 6.49. The molecule has 7 unspecified atom stereocenters. The van der Waals surface area contributed by atoms with Gasteiger partial charge in [0.25, 0.3) is 0 Å². The SMILES string of the molecule is C1C2CC3CC34CC1C1C2CC14. The Morgan fingerprint density at radius 3 is 2.83 bits per heavy atom. The van der Waals surface area contributed by atoms with Gasteiger partial charge >= 0.3 is 0 Å². The van der Waals surface area contributed by atoms with Crippen LogP contribution in [0.3, 0.4) is 0 Å². The summed E-state index contributed by atoms with van der Waals surface area (Å²) >= 11 is 0. The van der Waals surface area contributed by atoms with E-state index in [-0.39, 0.29) is 0 Å². The second-order valence-electron chi connectivity index (χ2n) is 6.41. The molecule has 0 aromatic carbocycles. The lowest BCUT2D eigenvalue weighted by Crippen LogP contribution is -2.36. The minimum absolute atomic E-state index is 0.983. The van der Waals surface area contributed by atoms with Crippen molar-refractivity contribution in [3.8, 4) is 0 Å². The van der Waals surface area contributed by atoms with E-state index in [0.29, 0.717) is 0 Å². The fraction of sp³-hybridized carbons (Fsp3) is 1.00. The van der Waals surface area contributed by atoms with E-state index in [2.05, 4.69) is 0 Å². The van der Waals surface area contributed by atoms with Crippen LogP contribution in [0.2, 0.25) is 0 Å². The molecule has 7 atom stereocenters. The highest BCUT2D eigenvalue weighted by atomic mass is 14.8. The number of rotatable bonds is 0. The fourth-order valence-corrected chi connectivity index (χ4v) is 6.15. The standard InChI is InChI=1S/C12H16/c1-6-2-8-5-12(8)4-7(1)11-9(6)3-10(11)12/h6-11H,1-5H2. The Hall–Kier alpha value is 0. The predicted molar refractivity (Wildman–Crippen MR) is 46.5 cm³/mol. The van der Waals surface area contributed by atoms with Crippen LogP contribution in [0.1, 0.15) is 32.1 Å². The van der Waals surface area contributed by atoms with Crippen molar-refractivity contribution in [2.75, 3.05) is 0 Å². The Balaban J connectivity index is 1.81.